The number of fused-ring (bicyclic) bond motifs is 6. The lowest BCUT2D eigenvalue weighted by atomic mass is 10.0. The lowest BCUT2D eigenvalue weighted by Gasteiger charge is -2.40. The van der Waals surface area contributed by atoms with Crippen molar-refractivity contribution < 1.29 is 19.1 Å². The van der Waals surface area contributed by atoms with Gasteiger partial charge in [0.2, 0.25) is 6.79 Å². The first-order valence-electron chi connectivity index (χ1n) is 8.99. The van der Waals surface area contributed by atoms with Crippen molar-refractivity contribution in [2.75, 3.05) is 16.6 Å². The van der Waals surface area contributed by atoms with Crippen LogP contribution in [0.15, 0.2) is 66.7 Å². The predicted octanol–water partition coefficient (Wildman–Crippen LogP) is 3.73. The highest BCUT2D eigenvalue weighted by atomic mass is 16.7. The number of rotatable bonds is 1. The molecule has 0 saturated heterocycles. The molecule has 3 aromatic rings. The van der Waals surface area contributed by atoms with Crippen LogP contribution in [0.4, 0.5) is 11.4 Å². The quantitative estimate of drug-likeness (QED) is 0.655. The van der Waals surface area contributed by atoms with Crippen LogP contribution in [0.1, 0.15) is 32.4 Å². The minimum Gasteiger partial charge on any atom is -0.454 e. The number of carbonyl (C=O) groups is 2. The van der Waals surface area contributed by atoms with Crippen molar-refractivity contribution in [1.29, 1.82) is 0 Å². The molecule has 1 atom stereocenters. The molecule has 6 heteroatoms. The molecule has 6 nitrogen and oxygen atoms in total. The Balaban J connectivity index is 1.60. The standard InChI is InChI=1S/C22H14N2O4/c25-21-15-6-2-1-5-14(15)20-23(13-9-10-18-19(11-13)28-12-27-18)22(26)16-7-3-4-8-17(16)24(20)21/h1-11,20H,12H2/t20-/m0/s1. The number of hydrogen-bond donors (Lipinski definition) is 0. The molecule has 0 spiro atoms. The highest BCUT2D eigenvalue weighted by Gasteiger charge is 2.48. The molecule has 0 unspecified atom stereocenters. The fourth-order valence-corrected chi connectivity index (χ4v) is 4.19. The number of benzene rings is 3. The number of anilines is 2. The number of amides is 2. The molecular weight excluding hydrogens is 356 g/mol. The Morgan fingerprint density at radius 2 is 1.46 bits per heavy atom. The molecule has 28 heavy (non-hydrogen) atoms. The average molecular weight is 370 g/mol. The van der Waals surface area contributed by atoms with Crippen LogP contribution >= 0.6 is 0 Å². The van der Waals surface area contributed by atoms with Crippen molar-refractivity contribution in [3.05, 3.63) is 83.4 Å². The smallest absolute Gasteiger partial charge is 0.262 e. The van der Waals surface area contributed by atoms with Gasteiger partial charge in [-0.15, -0.1) is 0 Å². The van der Waals surface area contributed by atoms with Gasteiger partial charge < -0.3 is 9.47 Å². The van der Waals surface area contributed by atoms with E-state index in [4.69, 9.17) is 9.47 Å². The molecule has 3 aliphatic rings. The first kappa shape index (κ1) is 15.3. The van der Waals surface area contributed by atoms with Crippen LogP contribution in [0.25, 0.3) is 0 Å². The van der Waals surface area contributed by atoms with E-state index in [0.29, 0.717) is 34.0 Å². The van der Waals surface area contributed by atoms with E-state index in [2.05, 4.69) is 0 Å². The van der Waals surface area contributed by atoms with Crippen molar-refractivity contribution in [2.24, 2.45) is 0 Å². The van der Waals surface area contributed by atoms with Gasteiger partial charge in [-0.1, -0.05) is 30.3 Å². The Hall–Kier alpha value is -3.80. The molecule has 0 N–H and O–H groups in total. The van der Waals surface area contributed by atoms with Gasteiger partial charge in [0.1, 0.15) is 6.17 Å². The topological polar surface area (TPSA) is 59.1 Å². The molecule has 136 valence electrons. The molecule has 0 aliphatic carbocycles. The Kier molecular flexibility index (Phi) is 2.92. The number of para-hydroxylation sites is 1. The van der Waals surface area contributed by atoms with E-state index in [9.17, 15) is 9.59 Å². The zero-order valence-electron chi connectivity index (χ0n) is 14.7. The van der Waals surface area contributed by atoms with Crippen LogP contribution in [0.3, 0.4) is 0 Å². The number of carbonyl (C=O) groups excluding carboxylic acids is 2. The first-order chi connectivity index (χ1) is 13.7. The summed E-state index contributed by atoms with van der Waals surface area (Å²) in [5, 5.41) is 0. The van der Waals surface area contributed by atoms with Gasteiger partial charge in [0.15, 0.2) is 11.5 Å². The van der Waals surface area contributed by atoms with Crippen molar-refractivity contribution in [3.63, 3.8) is 0 Å². The highest BCUT2D eigenvalue weighted by Crippen LogP contribution is 2.48. The van der Waals surface area contributed by atoms with Gasteiger partial charge in [-0.3, -0.25) is 19.4 Å². The minimum absolute atomic E-state index is 0.105. The maximum absolute atomic E-state index is 13.5. The van der Waals surface area contributed by atoms with Gasteiger partial charge in [-0.05, 0) is 30.3 Å². The summed E-state index contributed by atoms with van der Waals surface area (Å²) in [5.74, 6) is 0.980. The van der Waals surface area contributed by atoms with Crippen LogP contribution in [-0.4, -0.2) is 18.6 Å². The summed E-state index contributed by atoms with van der Waals surface area (Å²) >= 11 is 0. The van der Waals surface area contributed by atoms with Crippen LogP contribution in [0, 0.1) is 0 Å². The fourth-order valence-electron chi connectivity index (χ4n) is 4.19. The maximum Gasteiger partial charge on any atom is 0.262 e. The molecule has 0 aromatic heterocycles. The van der Waals surface area contributed by atoms with E-state index in [1.165, 1.54) is 0 Å². The van der Waals surface area contributed by atoms with E-state index >= 15 is 0 Å². The Bertz CT molecular complexity index is 1170. The highest BCUT2D eigenvalue weighted by molar-refractivity contribution is 6.21. The Labute approximate surface area is 160 Å². The van der Waals surface area contributed by atoms with E-state index in [1.54, 1.807) is 34.1 Å². The summed E-state index contributed by atoms with van der Waals surface area (Å²) in [5.41, 5.74) is 3.22. The zero-order valence-corrected chi connectivity index (χ0v) is 14.7. The Morgan fingerprint density at radius 1 is 0.750 bits per heavy atom. The lowest BCUT2D eigenvalue weighted by molar-refractivity contribution is 0.0949. The van der Waals surface area contributed by atoms with Crippen LogP contribution in [0.2, 0.25) is 0 Å². The van der Waals surface area contributed by atoms with Crippen LogP contribution in [0.5, 0.6) is 11.5 Å². The van der Waals surface area contributed by atoms with Crippen molar-refractivity contribution in [1.82, 2.24) is 0 Å². The molecule has 0 fully saturated rings. The molecule has 2 amide bonds. The number of nitrogens with zero attached hydrogens (tertiary/aromatic N) is 2. The first-order valence-corrected chi connectivity index (χ1v) is 8.99. The minimum atomic E-state index is -0.536. The second-order valence-corrected chi connectivity index (χ2v) is 6.87. The van der Waals surface area contributed by atoms with Crippen LogP contribution in [-0.2, 0) is 0 Å². The zero-order chi connectivity index (χ0) is 18.8. The van der Waals surface area contributed by atoms with Crippen molar-refractivity contribution >= 4 is 23.2 Å². The van der Waals surface area contributed by atoms with E-state index in [-0.39, 0.29) is 18.6 Å². The molecule has 0 saturated carbocycles. The summed E-state index contributed by atoms with van der Waals surface area (Å²) in [6.07, 6.45) is -0.536. The van der Waals surface area contributed by atoms with Crippen molar-refractivity contribution in [2.45, 2.75) is 6.17 Å². The second-order valence-electron chi connectivity index (χ2n) is 6.87. The summed E-state index contributed by atoms with van der Waals surface area (Å²) in [6, 6.07) is 20.1. The van der Waals surface area contributed by atoms with Gasteiger partial charge in [0.25, 0.3) is 11.8 Å². The van der Waals surface area contributed by atoms with Gasteiger partial charge >= 0.3 is 0 Å². The van der Waals surface area contributed by atoms with Crippen molar-refractivity contribution in [3.8, 4) is 11.5 Å². The Morgan fingerprint density at radius 3 is 2.36 bits per heavy atom. The summed E-state index contributed by atoms with van der Waals surface area (Å²) < 4.78 is 10.9. The molecule has 6 rings (SSSR count). The normalized spacial score (nSPS) is 18.8. The number of ether oxygens (including phenoxy) is 2. The molecule has 3 heterocycles. The third kappa shape index (κ3) is 1.86. The predicted molar refractivity (Wildman–Crippen MR) is 102 cm³/mol. The molecule has 0 radical (unpaired) electrons. The van der Waals surface area contributed by atoms with Gasteiger partial charge in [-0.25, -0.2) is 0 Å². The third-order valence-corrected chi connectivity index (χ3v) is 5.42. The summed E-state index contributed by atoms with van der Waals surface area (Å²) in [6.45, 7) is 0.159. The van der Waals surface area contributed by atoms with Gasteiger partial charge in [-0.2, -0.15) is 0 Å². The van der Waals surface area contributed by atoms with Gasteiger partial charge in [0.05, 0.1) is 16.9 Å². The largest absolute Gasteiger partial charge is 0.454 e. The second kappa shape index (κ2) is 5.36. The third-order valence-electron chi connectivity index (χ3n) is 5.42. The SMILES string of the molecule is O=C1c2ccccc2N2C(=O)c3ccccc3[C@H]2N1c1ccc2c(c1)OCO2. The average Bonchev–Trinajstić information content (AvgIpc) is 3.31. The number of hydrogen-bond acceptors (Lipinski definition) is 4. The van der Waals surface area contributed by atoms with Crippen LogP contribution < -0.4 is 19.3 Å². The molecule has 3 aliphatic heterocycles. The molecular formula is C22H14N2O4. The van der Waals surface area contributed by atoms with E-state index in [0.717, 1.165) is 5.56 Å². The maximum atomic E-state index is 13.5. The lowest BCUT2D eigenvalue weighted by Crippen LogP contribution is -2.48. The molecule has 3 aromatic carbocycles. The van der Waals surface area contributed by atoms with E-state index < -0.39 is 6.17 Å². The van der Waals surface area contributed by atoms with E-state index in [1.807, 2.05) is 42.5 Å². The summed E-state index contributed by atoms with van der Waals surface area (Å²) in [4.78, 5) is 30.1. The van der Waals surface area contributed by atoms with Gasteiger partial charge in [0, 0.05) is 17.2 Å². The monoisotopic (exact) mass is 370 g/mol. The fraction of sp³-hybridized carbons (Fsp3) is 0.0909. The molecule has 0 bridgehead atoms. The summed E-state index contributed by atoms with van der Waals surface area (Å²) in [7, 11) is 0.